The van der Waals surface area contributed by atoms with Gasteiger partial charge in [-0.05, 0) is 36.5 Å². The van der Waals surface area contributed by atoms with Gasteiger partial charge in [0.1, 0.15) is 12.3 Å². The van der Waals surface area contributed by atoms with Crippen LogP contribution in [0.3, 0.4) is 0 Å². The Hall–Kier alpha value is -2.23. The lowest BCUT2D eigenvalue weighted by Gasteiger charge is -2.34. The highest BCUT2D eigenvalue weighted by Crippen LogP contribution is 2.34. The molecule has 6 heteroatoms. The molecule has 1 aliphatic rings. The van der Waals surface area contributed by atoms with Gasteiger partial charge in [-0.25, -0.2) is 13.6 Å². The monoisotopic (exact) mass is 462 g/mol. The van der Waals surface area contributed by atoms with E-state index in [4.69, 9.17) is 11.2 Å². The Morgan fingerprint density at radius 3 is 2.67 bits per heavy atom. The third kappa shape index (κ3) is 6.88. The number of benzene rings is 1. The Balaban J connectivity index is 2.48. The number of fused-ring (bicyclic) bond motifs is 2. The molecule has 2 rings (SSSR count). The number of rotatable bonds is 4. The molecule has 0 saturated heterocycles. The molecule has 0 amide bonds. The number of alkyl halides is 2. The number of hydrogen-bond acceptors (Lipinski definition) is 4. The predicted octanol–water partition coefficient (Wildman–Crippen LogP) is 4.46. The number of ether oxygens (including phenoxy) is 1. The molecule has 1 aromatic rings. The summed E-state index contributed by atoms with van der Waals surface area (Å²) in [5.41, 5.74) is 1.24. The number of aliphatic hydroxyl groups is 2. The number of terminal acetylenes is 1. The van der Waals surface area contributed by atoms with Crippen LogP contribution in [-0.2, 0) is 21.4 Å². The number of aliphatic hydroxyl groups excluding tert-OH is 2. The Bertz CT molecular complexity index is 869. The topological polar surface area (TPSA) is 66.8 Å². The van der Waals surface area contributed by atoms with E-state index in [1.54, 1.807) is 31.2 Å². The first kappa shape index (κ1) is 27.0. The van der Waals surface area contributed by atoms with Gasteiger partial charge in [0.15, 0.2) is 0 Å². The van der Waals surface area contributed by atoms with Gasteiger partial charge in [0.2, 0.25) is 6.17 Å². The fourth-order valence-electron chi connectivity index (χ4n) is 4.13. The summed E-state index contributed by atoms with van der Waals surface area (Å²) in [6, 6.07) is 6.98. The molecule has 2 N–H and O–H groups in total. The fraction of sp³-hybridized carbons (Fsp3) is 0.593. The Morgan fingerprint density at radius 2 is 2.06 bits per heavy atom. The van der Waals surface area contributed by atoms with Crippen molar-refractivity contribution in [1.29, 1.82) is 0 Å². The van der Waals surface area contributed by atoms with Crippen LogP contribution in [0.5, 0.6) is 0 Å². The third-order valence-corrected chi connectivity index (χ3v) is 6.74. The van der Waals surface area contributed by atoms with Gasteiger partial charge in [0.05, 0.1) is 6.10 Å². The molecule has 4 nitrogen and oxygen atoms in total. The van der Waals surface area contributed by atoms with E-state index in [0.29, 0.717) is 17.6 Å². The van der Waals surface area contributed by atoms with Gasteiger partial charge in [-0.3, -0.25) is 0 Å². The Labute approximate surface area is 196 Å². The van der Waals surface area contributed by atoms with E-state index in [2.05, 4.69) is 5.92 Å². The fourth-order valence-corrected chi connectivity index (χ4v) is 4.13. The van der Waals surface area contributed by atoms with Gasteiger partial charge in [-0.2, -0.15) is 0 Å². The van der Waals surface area contributed by atoms with Crippen LogP contribution in [0.15, 0.2) is 35.9 Å². The van der Waals surface area contributed by atoms with Gasteiger partial charge in [-0.1, -0.05) is 51.1 Å². The molecule has 0 saturated carbocycles. The maximum Gasteiger partial charge on any atom is 0.344 e. The van der Waals surface area contributed by atoms with E-state index in [-0.39, 0.29) is 31.8 Å². The van der Waals surface area contributed by atoms with Crippen LogP contribution in [0.2, 0.25) is 0 Å². The zero-order chi connectivity index (χ0) is 24.8. The lowest BCUT2D eigenvalue weighted by Crippen LogP contribution is -2.38. The smallest absolute Gasteiger partial charge is 0.344 e. The first-order chi connectivity index (χ1) is 15.5. The summed E-state index contributed by atoms with van der Waals surface area (Å²) in [6.45, 7) is 7.31. The van der Waals surface area contributed by atoms with Crippen molar-refractivity contribution in [2.75, 3.05) is 6.61 Å². The molecule has 1 aliphatic heterocycles. The van der Waals surface area contributed by atoms with Crippen LogP contribution >= 0.6 is 0 Å². The highest BCUT2D eigenvalue weighted by molar-refractivity contribution is 5.75. The number of halogens is 2. The minimum Gasteiger partial charge on any atom is -0.456 e. The predicted molar refractivity (Wildman–Crippen MR) is 125 cm³/mol. The van der Waals surface area contributed by atoms with Crippen molar-refractivity contribution >= 4 is 5.97 Å². The van der Waals surface area contributed by atoms with Gasteiger partial charge in [0.25, 0.3) is 0 Å². The number of esters is 1. The summed E-state index contributed by atoms with van der Waals surface area (Å²) >= 11 is 0. The van der Waals surface area contributed by atoms with Crippen LogP contribution in [0.25, 0.3) is 0 Å². The molecule has 0 spiro atoms. The molecule has 0 aromatic heterocycles. The van der Waals surface area contributed by atoms with Crippen molar-refractivity contribution in [3.63, 3.8) is 0 Å². The van der Waals surface area contributed by atoms with Crippen molar-refractivity contribution in [2.24, 2.45) is 11.8 Å². The summed E-state index contributed by atoms with van der Waals surface area (Å²) in [4.78, 5) is 12.5. The highest BCUT2D eigenvalue weighted by atomic mass is 19.2. The van der Waals surface area contributed by atoms with Gasteiger partial charge >= 0.3 is 5.97 Å². The van der Waals surface area contributed by atoms with E-state index < -0.39 is 41.9 Å². The number of carbonyl (C=O) groups excluding carboxylic acids is 1. The molecule has 2 bridgehead atoms. The average molecular weight is 463 g/mol. The summed E-state index contributed by atoms with van der Waals surface area (Å²) in [7, 11) is 0. The summed E-state index contributed by atoms with van der Waals surface area (Å²) in [6.07, 6.45) is 2.11. The van der Waals surface area contributed by atoms with E-state index in [0.717, 1.165) is 5.56 Å². The molecular weight excluding hydrogens is 426 g/mol. The highest BCUT2D eigenvalue weighted by Gasteiger charge is 2.36. The molecule has 0 aliphatic carbocycles. The standard InChI is InChI=1S/C27H36F2O4/c1-6-18-14-23(17(3)11-19(7-2)16-30)33-26(32)25(29)22(28)13-20-9-8-10-21(12-20)27(4,5)24(31)15-18/h1,8-12,18-19,22-25,30-31H,7,13-16H2,2-5H3/b17-11-/t18-,19-,22-,23?,24+,25+/m1/s1. The summed E-state index contributed by atoms with van der Waals surface area (Å²) in [5, 5.41) is 20.6. The zero-order valence-corrected chi connectivity index (χ0v) is 19.9. The van der Waals surface area contributed by atoms with E-state index in [1.165, 1.54) is 0 Å². The van der Waals surface area contributed by atoms with Gasteiger partial charge < -0.3 is 14.9 Å². The Morgan fingerprint density at radius 1 is 1.36 bits per heavy atom. The molecule has 182 valence electrons. The van der Waals surface area contributed by atoms with Crippen molar-refractivity contribution in [2.45, 2.75) is 83.3 Å². The molecule has 0 radical (unpaired) electrons. The van der Waals surface area contributed by atoms with Crippen LogP contribution in [0.1, 0.15) is 58.1 Å². The van der Waals surface area contributed by atoms with E-state index in [1.807, 2.05) is 26.8 Å². The second-order valence-electron chi connectivity index (χ2n) is 9.58. The van der Waals surface area contributed by atoms with Crippen molar-refractivity contribution in [1.82, 2.24) is 0 Å². The second-order valence-corrected chi connectivity index (χ2v) is 9.58. The van der Waals surface area contributed by atoms with Crippen LogP contribution < -0.4 is 0 Å². The molecule has 1 unspecified atom stereocenters. The maximum absolute atomic E-state index is 14.7. The van der Waals surface area contributed by atoms with Crippen molar-refractivity contribution in [3.05, 3.63) is 47.0 Å². The number of cyclic esters (lactones) is 1. The SMILES string of the molecule is C#C[C@@H]1CC(/C(C)=C\[C@@H](CC)CO)OC(=O)[C@@H](F)[C@H](F)Cc2cccc(c2)C(C)(C)[C@@H](O)C1. The quantitative estimate of drug-likeness (QED) is 0.394. The Kier molecular flexibility index (Phi) is 9.63. The zero-order valence-electron chi connectivity index (χ0n) is 19.9. The average Bonchev–Trinajstić information content (AvgIpc) is 2.79. The van der Waals surface area contributed by atoms with Crippen LogP contribution in [0.4, 0.5) is 8.78 Å². The third-order valence-electron chi connectivity index (χ3n) is 6.74. The second kappa shape index (κ2) is 11.8. The van der Waals surface area contributed by atoms with Crippen LogP contribution in [0, 0.1) is 24.2 Å². The minimum atomic E-state index is -2.44. The molecular formula is C27H36F2O4. The number of hydrogen-bond donors (Lipinski definition) is 2. The van der Waals surface area contributed by atoms with Crippen molar-refractivity contribution < 1.29 is 28.5 Å². The number of carbonyl (C=O) groups is 1. The van der Waals surface area contributed by atoms with Crippen LogP contribution in [-0.4, -0.2) is 47.3 Å². The normalized spacial score (nSPS) is 30.0. The summed E-state index contributed by atoms with van der Waals surface area (Å²) in [5.74, 6) is 0.755. The first-order valence-corrected chi connectivity index (χ1v) is 11.5. The lowest BCUT2D eigenvalue weighted by atomic mass is 9.75. The maximum atomic E-state index is 14.7. The molecule has 1 aromatic carbocycles. The molecule has 1 heterocycles. The van der Waals surface area contributed by atoms with Gasteiger partial charge in [0, 0.05) is 36.7 Å². The minimum absolute atomic E-state index is 0.0873. The molecule has 0 fully saturated rings. The summed E-state index contributed by atoms with van der Waals surface area (Å²) < 4.78 is 34.9. The van der Waals surface area contributed by atoms with E-state index >= 15 is 0 Å². The lowest BCUT2D eigenvalue weighted by molar-refractivity contribution is -0.156. The molecule has 33 heavy (non-hydrogen) atoms. The molecule has 6 atom stereocenters. The van der Waals surface area contributed by atoms with Gasteiger partial charge in [-0.15, -0.1) is 12.3 Å². The largest absolute Gasteiger partial charge is 0.456 e. The van der Waals surface area contributed by atoms with E-state index in [9.17, 15) is 23.8 Å². The van der Waals surface area contributed by atoms with Crippen molar-refractivity contribution in [3.8, 4) is 12.3 Å². The first-order valence-electron chi connectivity index (χ1n) is 11.5.